The molecule has 0 fully saturated rings. The number of amides is 2. The third-order valence-electron chi connectivity index (χ3n) is 4.04. The van der Waals surface area contributed by atoms with Gasteiger partial charge >= 0.3 is 0 Å². The maximum absolute atomic E-state index is 12.0. The predicted octanol–water partition coefficient (Wildman–Crippen LogP) is 1.96. The van der Waals surface area contributed by atoms with Crippen LogP contribution < -0.4 is 10.9 Å². The molecule has 1 aliphatic rings. The van der Waals surface area contributed by atoms with Crippen LogP contribution in [-0.2, 0) is 24.1 Å². The van der Waals surface area contributed by atoms with Gasteiger partial charge in [-0.2, -0.15) is 0 Å². The van der Waals surface area contributed by atoms with Crippen molar-refractivity contribution in [1.29, 1.82) is 0 Å². The zero-order chi connectivity index (χ0) is 16.1. The third-order valence-corrected chi connectivity index (χ3v) is 4.04. The fraction of sp³-hybridized carbons (Fsp3) is 0.278. The van der Waals surface area contributed by atoms with Crippen molar-refractivity contribution in [1.82, 2.24) is 15.8 Å². The number of pyridine rings is 1. The fourth-order valence-corrected chi connectivity index (χ4v) is 2.83. The number of hydrogen-bond acceptors (Lipinski definition) is 3. The first-order chi connectivity index (χ1) is 11.2. The van der Waals surface area contributed by atoms with E-state index >= 15 is 0 Å². The van der Waals surface area contributed by atoms with Crippen molar-refractivity contribution in [2.45, 2.75) is 32.1 Å². The molecule has 0 spiro atoms. The van der Waals surface area contributed by atoms with E-state index in [0.29, 0.717) is 5.56 Å². The van der Waals surface area contributed by atoms with Crippen LogP contribution >= 0.6 is 0 Å². The van der Waals surface area contributed by atoms with E-state index in [9.17, 15) is 9.59 Å². The lowest BCUT2D eigenvalue weighted by atomic mass is 9.90. The van der Waals surface area contributed by atoms with E-state index in [2.05, 4.69) is 28.0 Å². The largest absolute Gasteiger partial charge is 0.273 e. The van der Waals surface area contributed by atoms with Gasteiger partial charge in [-0.25, -0.2) is 0 Å². The molecule has 1 aromatic heterocycles. The Balaban J connectivity index is 1.54. The van der Waals surface area contributed by atoms with Crippen LogP contribution in [0.1, 0.15) is 39.9 Å². The van der Waals surface area contributed by atoms with Gasteiger partial charge in [0.25, 0.3) is 5.91 Å². The van der Waals surface area contributed by atoms with E-state index in [4.69, 9.17) is 0 Å². The van der Waals surface area contributed by atoms with Gasteiger partial charge in [0.1, 0.15) is 0 Å². The Bertz CT molecular complexity index is 713. The highest BCUT2D eigenvalue weighted by molar-refractivity contribution is 5.95. The van der Waals surface area contributed by atoms with Crippen LogP contribution in [0, 0.1) is 0 Å². The molecule has 0 aliphatic heterocycles. The molecule has 0 saturated carbocycles. The summed E-state index contributed by atoms with van der Waals surface area (Å²) in [4.78, 5) is 27.7. The molecule has 0 unspecified atom stereocenters. The van der Waals surface area contributed by atoms with E-state index in [-0.39, 0.29) is 18.2 Å². The molecule has 5 heteroatoms. The lowest BCUT2D eigenvalue weighted by molar-refractivity contribution is -0.121. The second kappa shape index (κ2) is 7.05. The van der Waals surface area contributed by atoms with Gasteiger partial charge in [0.15, 0.2) is 0 Å². The van der Waals surface area contributed by atoms with Gasteiger partial charge in [-0.05, 0) is 54.5 Å². The third kappa shape index (κ3) is 3.94. The fourth-order valence-electron chi connectivity index (χ4n) is 2.83. The van der Waals surface area contributed by atoms with E-state index < -0.39 is 0 Å². The lowest BCUT2D eigenvalue weighted by Gasteiger charge is -2.16. The number of aryl methyl sites for hydroxylation is 2. The summed E-state index contributed by atoms with van der Waals surface area (Å²) in [7, 11) is 0. The van der Waals surface area contributed by atoms with E-state index in [1.165, 1.54) is 36.4 Å². The first-order valence-electron chi connectivity index (χ1n) is 7.82. The number of hydrazine groups is 1. The Hall–Kier alpha value is -2.69. The van der Waals surface area contributed by atoms with Crippen molar-refractivity contribution >= 4 is 11.8 Å². The highest BCUT2D eigenvalue weighted by Gasteiger charge is 2.12. The summed E-state index contributed by atoms with van der Waals surface area (Å²) in [5.74, 6) is -0.589. The smallest absolute Gasteiger partial charge is 0.269 e. The van der Waals surface area contributed by atoms with Gasteiger partial charge in [0.2, 0.25) is 5.91 Å². The first-order valence-corrected chi connectivity index (χ1v) is 7.82. The van der Waals surface area contributed by atoms with Crippen LogP contribution in [0.2, 0.25) is 0 Å². The summed E-state index contributed by atoms with van der Waals surface area (Å²) in [6.45, 7) is 0. The minimum atomic E-state index is -0.355. The highest BCUT2D eigenvalue weighted by Crippen LogP contribution is 2.22. The number of carbonyl (C=O) groups is 2. The minimum Gasteiger partial charge on any atom is -0.273 e. The molecule has 5 nitrogen and oxygen atoms in total. The molecule has 2 amide bonds. The zero-order valence-electron chi connectivity index (χ0n) is 12.8. The highest BCUT2D eigenvalue weighted by atomic mass is 16.2. The molecule has 0 atom stereocenters. The van der Waals surface area contributed by atoms with E-state index in [1.54, 1.807) is 12.1 Å². The summed E-state index contributed by atoms with van der Waals surface area (Å²) in [5, 5.41) is 0. The van der Waals surface area contributed by atoms with Crippen molar-refractivity contribution in [3.63, 3.8) is 0 Å². The standard InChI is InChI=1S/C18H19N3O2/c22-17(20-21-18(23)15-7-9-19-10-8-15)12-13-5-6-14-3-1-2-4-16(14)11-13/h5-11H,1-4,12H2,(H,20,22)(H,21,23). The van der Waals surface area contributed by atoms with Crippen molar-refractivity contribution in [3.05, 3.63) is 65.0 Å². The van der Waals surface area contributed by atoms with Crippen LogP contribution in [0.4, 0.5) is 0 Å². The number of aromatic nitrogens is 1. The quantitative estimate of drug-likeness (QED) is 0.852. The Kier molecular flexibility index (Phi) is 4.66. The molecule has 23 heavy (non-hydrogen) atoms. The molecular weight excluding hydrogens is 290 g/mol. The number of benzene rings is 1. The average Bonchev–Trinajstić information content (AvgIpc) is 2.60. The molecule has 1 heterocycles. The van der Waals surface area contributed by atoms with Crippen molar-refractivity contribution in [2.24, 2.45) is 0 Å². The summed E-state index contributed by atoms with van der Waals surface area (Å²) in [6.07, 6.45) is 7.99. The molecule has 2 aromatic rings. The second-order valence-corrected chi connectivity index (χ2v) is 5.73. The Morgan fingerprint density at radius 2 is 1.70 bits per heavy atom. The van der Waals surface area contributed by atoms with Gasteiger partial charge in [0.05, 0.1) is 6.42 Å². The van der Waals surface area contributed by atoms with E-state index in [0.717, 1.165) is 18.4 Å². The molecule has 1 aliphatic carbocycles. The summed E-state index contributed by atoms with van der Waals surface area (Å²) >= 11 is 0. The van der Waals surface area contributed by atoms with Crippen LogP contribution in [0.25, 0.3) is 0 Å². The molecule has 2 N–H and O–H groups in total. The number of hydrogen-bond donors (Lipinski definition) is 2. The van der Waals surface area contributed by atoms with Crippen molar-refractivity contribution < 1.29 is 9.59 Å². The number of rotatable bonds is 3. The lowest BCUT2D eigenvalue weighted by Crippen LogP contribution is -2.42. The zero-order valence-corrected chi connectivity index (χ0v) is 12.8. The molecule has 0 radical (unpaired) electrons. The van der Waals surface area contributed by atoms with Crippen LogP contribution in [0.5, 0.6) is 0 Å². The monoisotopic (exact) mass is 309 g/mol. The molecule has 3 rings (SSSR count). The summed E-state index contributed by atoms with van der Waals surface area (Å²) in [6, 6.07) is 9.40. The predicted molar refractivity (Wildman–Crippen MR) is 86.6 cm³/mol. The Morgan fingerprint density at radius 3 is 2.48 bits per heavy atom. The Morgan fingerprint density at radius 1 is 0.957 bits per heavy atom. The molecule has 118 valence electrons. The maximum atomic E-state index is 12.0. The normalized spacial score (nSPS) is 13.0. The first kappa shape index (κ1) is 15.2. The van der Waals surface area contributed by atoms with Gasteiger partial charge in [-0.15, -0.1) is 0 Å². The van der Waals surface area contributed by atoms with Gasteiger partial charge < -0.3 is 0 Å². The van der Waals surface area contributed by atoms with Crippen molar-refractivity contribution in [2.75, 3.05) is 0 Å². The molecular formula is C18H19N3O2. The topological polar surface area (TPSA) is 71.1 Å². The average molecular weight is 309 g/mol. The maximum Gasteiger partial charge on any atom is 0.269 e. The van der Waals surface area contributed by atoms with Gasteiger partial charge in [0, 0.05) is 18.0 Å². The summed E-state index contributed by atoms with van der Waals surface area (Å²) < 4.78 is 0. The minimum absolute atomic E-state index is 0.233. The Labute approximate surface area is 135 Å². The molecule has 0 saturated heterocycles. The van der Waals surface area contributed by atoms with Gasteiger partial charge in [-0.3, -0.25) is 25.4 Å². The van der Waals surface area contributed by atoms with E-state index in [1.807, 2.05) is 6.07 Å². The van der Waals surface area contributed by atoms with Crippen LogP contribution in [0.3, 0.4) is 0 Å². The molecule has 1 aromatic carbocycles. The SMILES string of the molecule is O=C(Cc1ccc2c(c1)CCCC2)NNC(=O)c1ccncc1. The number of fused-ring (bicyclic) bond motifs is 1. The number of nitrogens with one attached hydrogen (secondary N) is 2. The van der Waals surface area contributed by atoms with Crippen LogP contribution in [-0.4, -0.2) is 16.8 Å². The van der Waals surface area contributed by atoms with Crippen molar-refractivity contribution in [3.8, 4) is 0 Å². The number of carbonyl (C=O) groups excluding carboxylic acids is 2. The van der Waals surface area contributed by atoms with Crippen LogP contribution in [0.15, 0.2) is 42.7 Å². The number of nitrogens with zero attached hydrogens (tertiary/aromatic N) is 1. The second-order valence-electron chi connectivity index (χ2n) is 5.73. The summed E-state index contributed by atoms with van der Waals surface area (Å²) in [5.41, 5.74) is 9.04. The molecule has 0 bridgehead atoms. The van der Waals surface area contributed by atoms with Gasteiger partial charge in [-0.1, -0.05) is 18.2 Å².